The van der Waals surface area contributed by atoms with Gasteiger partial charge in [-0.05, 0) is 50.3 Å². The van der Waals surface area contributed by atoms with E-state index in [4.69, 9.17) is 4.98 Å². The van der Waals surface area contributed by atoms with Crippen LogP contribution in [0.1, 0.15) is 48.7 Å². The number of nitrogens with zero attached hydrogens (tertiary/aromatic N) is 4. The van der Waals surface area contributed by atoms with E-state index in [0.29, 0.717) is 5.92 Å². The number of imidazole rings is 1. The fourth-order valence-corrected chi connectivity index (χ4v) is 4.58. The number of piperidine rings is 1. The summed E-state index contributed by atoms with van der Waals surface area (Å²) in [6, 6.07) is 8.32. The number of hydrogen-bond acceptors (Lipinski definition) is 3. The molecular formula is C21H27N5. The van der Waals surface area contributed by atoms with Crippen LogP contribution in [0.25, 0.3) is 11.0 Å². The summed E-state index contributed by atoms with van der Waals surface area (Å²) in [6.07, 6.45) is 8.40. The first-order valence-corrected chi connectivity index (χ1v) is 9.93. The van der Waals surface area contributed by atoms with Crippen molar-refractivity contribution in [2.75, 3.05) is 13.1 Å². The summed E-state index contributed by atoms with van der Waals surface area (Å²) < 4.78 is 2.10. The van der Waals surface area contributed by atoms with Gasteiger partial charge in [-0.3, -0.25) is 9.58 Å². The largest absolute Gasteiger partial charge is 0.342 e. The van der Waals surface area contributed by atoms with Gasteiger partial charge in [0.05, 0.1) is 17.2 Å². The van der Waals surface area contributed by atoms with E-state index in [0.717, 1.165) is 42.3 Å². The lowest BCUT2D eigenvalue weighted by atomic mass is 9.94. The van der Waals surface area contributed by atoms with Crippen molar-refractivity contribution in [2.45, 2.75) is 44.6 Å². The molecule has 3 aromatic rings. The molecule has 1 atom stereocenters. The molecule has 3 heterocycles. The van der Waals surface area contributed by atoms with Gasteiger partial charge in [0.15, 0.2) is 0 Å². The van der Waals surface area contributed by atoms with Crippen molar-refractivity contribution in [3.05, 3.63) is 47.5 Å². The molecule has 26 heavy (non-hydrogen) atoms. The topological polar surface area (TPSA) is 49.7 Å². The van der Waals surface area contributed by atoms with E-state index in [1.165, 1.54) is 43.5 Å². The van der Waals surface area contributed by atoms with Crippen LogP contribution in [0.2, 0.25) is 0 Å². The number of hydrogen-bond donors (Lipinski definition) is 1. The molecule has 1 saturated carbocycles. The lowest BCUT2D eigenvalue weighted by molar-refractivity contribution is 0.165. The monoisotopic (exact) mass is 349 g/mol. The molecule has 136 valence electrons. The van der Waals surface area contributed by atoms with Crippen molar-refractivity contribution in [1.82, 2.24) is 24.6 Å². The molecule has 5 nitrogen and oxygen atoms in total. The van der Waals surface area contributed by atoms with Gasteiger partial charge < -0.3 is 4.98 Å². The van der Waals surface area contributed by atoms with Crippen LogP contribution >= 0.6 is 0 Å². The minimum atomic E-state index is 0.686. The maximum atomic E-state index is 4.78. The van der Waals surface area contributed by atoms with E-state index < -0.39 is 0 Å². The second kappa shape index (κ2) is 6.54. The van der Waals surface area contributed by atoms with Crippen LogP contribution in [0.5, 0.6) is 0 Å². The van der Waals surface area contributed by atoms with Crippen LogP contribution < -0.4 is 0 Å². The van der Waals surface area contributed by atoms with Crippen molar-refractivity contribution < 1.29 is 0 Å². The molecule has 0 spiro atoms. The van der Waals surface area contributed by atoms with Gasteiger partial charge in [0.1, 0.15) is 5.82 Å². The molecular weight excluding hydrogens is 322 g/mol. The van der Waals surface area contributed by atoms with Gasteiger partial charge in [0.2, 0.25) is 0 Å². The van der Waals surface area contributed by atoms with Gasteiger partial charge in [-0.25, -0.2) is 4.98 Å². The molecule has 1 aromatic carbocycles. The second-order valence-electron chi connectivity index (χ2n) is 8.10. The molecule has 1 N–H and O–H groups in total. The number of likely N-dealkylation sites (tertiary alicyclic amines) is 1. The highest BCUT2D eigenvalue weighted by atomic mass is 15.3. The Morgan fingerprint density at radius 2 is 2.08 bits per heavy atom. The summed E-state index contributed by atoms with van der Waals surface area (Å²) in [5.74, 6) is 2.58. The van der Waals surface area contributed by atoms with E-state index in [2.05, 4.69) is 57.2 Å². The summed E-state index contributed by atoms with van der Waals surface area (Å²) in [4.78, 5) is 10.9. The third-order valence-electron chi connectivity index (χ3n) is 5.95. The van der Waals surface area contributed by atoms with Crippen LogP contribution in [-0.2, 0) is 20.0 Å². The molecule has 1 aliphatic heterocycles. The van der Waals surface area contributed by atoms with E-state index >= 15 is 0 Å². The maximum absolute atomic E-state index is 4.78. The lowest BCUT2D eigenvalue weighted by Gasteiger charge is -2.32. The number of benzene rings is 1. The third-order valence-corrected chi connectivity index (χ3v) is 5.95. The Bertz CT molecular complexity index is 871. The zero-order valence-electron chi connectivity index (χ0n) is 15.5. The first kappa shape index (κ1) is 16.1. The number of H-pyrrole nitrogens is 1. The SMILES string of the molecule is Cn1ncc(CN2CCCC(Cc3nc4ccccc4[nH]3)C2)c1C1CC1. The Hall–Kier alpha value is -2.14. The molecule has 0 amide bonds. The van der Waals surface area contributed by atoms with Crippen LogP contribution in [0.15, 0.2) is 30.5 Å². The number of rotatable bonds is 5. The smallest absolute Gasteiger partial charge is 0.107 e. The second-order valence-corrected chi connectivity index (χ2v) is 8.10. The standard InChI is InChI=1S/C21H27N5/c1-25-21(16-8-9-16)17(12-22-25)14-26-10-4-5-15(13-26)11-20-23-18-6-2-3-7-19(18)24-20/h2-3,6-7,12,15-16H,4-5,8-11,13-14H2,1H3,(H,23,24). The van der Waals surface area contributed by atoms with Gasteiger partial charge in [0, 0.05) is 43.7 Å². The van der Waals surface area contributed by atoms with Crippen molar-refractivity contribution >= 4 is 11.0 Å². The van der Waals surface area contributed by atoms with Crippen molar-refractivity contribution in [1.29, 1.82) is 0 Å². The fourth-order valence-electron chi connectivity index (χ4n) is 4.58. The highest BCUT2D eigenvalue weighted by Crippen LogP contribution is 2.41. The number of nitrogens with one attached hydrogen (secondary N) is 1. The molecule has 2 aromatic heterocycles. The molecule has 5 rings (SSSR count). The van der Waals surface area contributed by atoms with E-state index in [1.54, 1.807) is 0 Å². The molecule has 1 aliphatic carbocycles. The molecule has 1 saturated heterocycles. The zero-order chi connectivity index (χ0) is 17.5. The summed E-state index contributed by atoms with van der Waals surface area (Å²) >= 11 is 0. The molecule has 0 radical (unpaired) electrons. The molecule has 2 aliphatic rings. The molecule has 5 heteroatoms. The van der Waals surface area contributed by atoms with Crippen LogP contribution in [0.3, 0.4) is 0 Å². The van der Waals surface area contributed by atoms with E-state index in [-0.39, 0.29) is 0 Å². The van der Waals surface area contributed by atoms with Gasteiger partial charge in [0.25, 0.3) is 0 Å². The predicted molar refractivity (Wildman–Crippen MR) is 103 cm³/mol. The summed E-state index contributed by atoms with van der Waals surface area (Å²) in [7, 11) is 2.09. The first-order chi connectivity index (χ1) is 12.8. The molecule has 2 fully saturated rings. The van der Waals surface area contributed by atoms with E-state index in [1.807, 2.05) is 0 Å². The summed E-state index contributed by atoms with van der Waals surface area (Å²) in [5, 5.41) is 4.53. The van der Waals surface area contributed by atoms with E-state index in [9.17, 15) is 0 Å². The fraction of sp³-hybridized carbons (Fsp3) is 0.524. The number of aromatic nitrogens is 4. The lowest BCUT2D eigenvalue weighted by Crippen LogP contribution is -2.36. The summed E-state index contributed by atoms with van der Waals surface area (Å²) in [5.41, 5.74) is 5.16. The number of fused-ring (bicyclic) bond motifs is 1. The van der Waals surface area contributed by atoms with Crippen molar-refractivity contribution in [3.8, 4) is 0 Å². The minimum absolute atomic E-state index is 0.686. The predicted octanol–water partition coefficient (Wildman–Crippen LogP) is 3.63. The molecule has 1 unspecified atom stereocenters. The number of para-hydroxylation sites is 2. The Balaban J connectivity index is 1.26. The Labute approximate surface area is 154 Å². The number of aryl methyl sites for hydroxylation is 1. The van der Waals surface area contributed by atoms with Crippen molar-refractivity contribution in [2.24, 2.45) is 13.0 Å². The highest BCUT2D eigenvalue weighted by Gasteiger charge is 2.30. The van der Waals surface area contributed by atoms with Crippen LogP contribution in [-0.4, -0.2) is 37.7 Å². The van der Waals surface area contributed by atoms with Gasteiger partial charge in [-0.15, -0.1) is 0 Å². The maximum Gasteiger partial charge on any atom is 0.107 e. The first-order valence-electron chi connectivity index (χ1n) is 9.93. The van der Waals surface area contributed by atoms with Gasteiger partial charge in [-0.1, -0.05) is 12.1 Å². The van der Waals surface area contributed by atoms with Crippen LogP contribution in [0, 0.1) is 5.92 Å². The summed E-state index contributed by atoms with van der Waals surface area (Å²) in [6.45, 7) is 3.42. The number of aromatic amines is 1. The van der Waals surface area contributed by atoms with Crippen LogP contribution in [0.4, 0.5) is 0 Å². The zero-order valence-corrected chi connectivity index (χ0v) is 15.5. The van der Waals surface area contributed by atoms with Gasteiger partial charge in [-0.2, -0.15) is 5.10 Å². The Morgan fingerprint density at radius 3 is 2.92 bits per heavy atom. The quantitative estimate of drug-likeness (QED) is 0.765. The third kappa shape index (κ3) is 3.16. The Morgan fingerprint density at radius 1 is 1.19 bits per heavy atom. The Kier molecular flexibility index (Phi) is 4.04. The van der Waals surface area contributed by atoms with Gasteiger partial charge >= 0.3 is 0 Å². The minimum Gasteiger partial charge on any atom is -0.342 e. The van der Waals surface area contributed by atoms with Crippen molar-refractivity contribution in [3.63, 3.8) is 0 Å². The average molecular weight is 349 g/mol. The normalized spacial score (nSPS) is 21.5. The average Bonchev–Trinajstić information content (AvgIpc) is 3.28. The molecule has 0 bridgehead atoms. The highest BCUT2D eigenvalue weighted by molar-refractivity contribution is 5.74.